The largest absolute Gasteiger partial charge is 0.379 e. The minimum Gasteiger partial charge on any atom is -0.379 e. The number of rotatable bonds is 4. The Kier molecular flexibility index (Phi) is 4.61. The molecule has 0 spiro atoms. The SMILES string of the molecule is O[C@]1(c2nc(-c3cccc(CN4CCCCC4)c3)no2)CCSC1. The third kappa shape index (κ3) is 3.36. The average molecular weight is 345 g/mol. The van der Waals surface area contributed by atoms with Crippen LogP contribution in [0.15, 0.2) is 28.8 Å². The van der Waals surface area contributed by atoms with Crippen LogP contribution in [0.25, 0.3) is 11.4 Å². The first-order valence-corrected chi connectivity index (χ1v) is 9.84. The van der Waals surface area contributed by atoms with Crippen molar-refractivity contribution in [3.05, 3.63) is 35.7 Å². The summed E-state index contributed by atoms with van der Waals surface area (Å²) in [5.74, 6) is 2.48. The molecule has 2 fully saturated rings. The van der Waals surface area contributed by atoms with Gasteiger partial charge in [0, 0.05) is 17.9 Å². The van der Waals surface area contributed by atoms with Gasteiger partial charge in [-0.3, -0.25) is 4.90 Å². The quantitative estimate of drug-likeness (QED) is 0.919. The second-order valence-electron chi connectivity index (χ2n) is 6.79. The minimum absolute atomic E-state index is 0.351. The zero-order valence-corrected chi connectivity index (χ0v) is 14.6. The lowest BCUT2D eigenvalue weighted by Crippen LogP contribution is -2.29. The van der Waals surface area contributed by atoms with Crippen molar-refractivity contribution in [2.24, 2.45) is 0 Å². The molecular formula is C18H23N3O2S. The summed E-state index contributed by atoms with van der Waals surface area (Å²) in [7, 11) is 0. The summed E-state index contributed by atoms with van der Waals surface area (Å²) in [6.07, 6.45) is 4.62. The molecule has 0 saturated carbocycles. The molecule has 0 aliphatic carbocycles. The highest BCUT2D eigenvalue weighted by atomic mass is 32.2. The van der Waals surface area contributed by atoms with E-state index in [2.05, 4.69) is 27.2 Å². The maximum absolute atomic E-state index is 10.6. The number of likely N-dealkylation sites (tertiary alicyclic amines) is 1. The summed E-state index contributed by atoms with van der Waals surface area (Å²) in [5.41, 5.74) is 1.27. The molecule has 2 aromatic rings. The zero-order valence-electron chi connectivity index (χ0n) is 13.8. The number of thioether (sulfide) groups is 1. The highest BCUT2D eigenvalue weighted by molar-refractivity contribution is 7.99. The molecule has 2 saturated heterocycles. The van der Waals surface area contributed by atoms with Gasteiger partial charge in [-0.25, -0.2) is 0 Å². The van der Waals surface area contributed by atoms with Crippen molar-refractivity contribution in [2.45, 2.75) is 37.8 Å². The fourth-order valence-corrected chi connectivity index (χ4v) is 4.67. The van der Waals surface area contributed by atoms with E-state index in [0.717, 1.165) is 17.9 Å². The maximum Gasteiger partial charge on any atom is 0.259 e. The van der Waals surface area contributed by atoms with Crippen molar-refractivity contribution < 1.29 is 9.63 Å². The molecule has 0 radical (unpaired) electrons. The number of aliphatic hydroxyl groups is 1. The molecule has 2 aliphatic heterocycles. The fraction of sp³-hybridized carbons (Fsp3) is 0.556. The first-order valence-electron chi connectivity index (χ1n) is 8.69. The van der Waals surface area contributed by atoms with Crippen LogP contribution in [0.4, 0.5) is 0 Å². The van der Waals surface area contributed by atoms with Crippen molar-refractivity contribution in [3.8, 4) is 11.4 Å². The van der Waals surface area contributed by atoms with E-state index in [-0.39, 0.29) is 0 Å². The zero-order chi connectivity index (χ0) is 16.4. The Hall–Kier alpha value is -1.37. The Morgan fingerprint density at radius 2 is 2.12 bits per heavy atom. The summed E-state index contributed by atoms with van der Waals surface area (Å²) in [5, 5.41) is 14.7. The molecule has 0 amide bonds. The van der Waals surface area contributed by atoms with E-state index in [1.54, 1.807) is 11.8 Å². The molecule has 6 heteroatoms. The minimum atomic E-state index is -0.957. The second kappa shape index (κ2) is 6.86. The molecule has 1 aromatic heterocycles. The Balaban J connectivity index is 1.52. The predicted octanol–water partition coefficient (Wildman–Crippen LogP) is 3.05. The lowest BCUT2D eigenvalue weighted by molar-refractivity contribution is 0.0307. The van der Waals surface area contributed by atoms with Gasteiger partial charge in [-0.1, -0.05) is 29.8 Å². The highest BCUT2D eigenvalue weighted by Gasteiger charge is 2.39. The van der Waals surface area contributed by atoms with E-state index in [1.807, 2.05) is 12.1 Å². The molecule has 128 valence electrons. The van der Waals surface area contributed by atoms with Crippen molar-refractivity contribution in [1.82, 2.24) is 15.0 Å². The third-order valence-electron chi connectivity index (χ3n) is 4.86. The van der Waals surface area contributed by atoms with Gasteiger partial charge in [-0.2, -0.15) is 16.7 Å². The molecule has 4 rings (SSSR count). The van der Waals surface area contributed by atoms with Gasteiger partial charge in [0.1, 0.15) is 0 Å². The van der Waals surface area contributed by atoms with Gasteiger partial charge in [0.05, 0.1) is 0 Å². The second-order valence-corrected chi connectivity index (χ2v) is 7.90. The van der Waals surface area contributed by atoms with Crippen molar-refractivity contribution in [2.75, 3.05) is 24.6 Å². The summed E-state index contributed by atoms with van der Waals surface area (Å²) in [6, 6.07) is 8.34. The molecule has 24 heavy (non-hydrogen) atoms. The molecular weight excluding hydrogens is 322 g/mol. The molecule has 1 aromatic carbocycles. The van der Waals surface area contributed by atoms with Crippen LogP contribution in [0.3, 0.4) is 0 Å². The van der Waals surface area contributed by atoms with Crippen molar-refractivity contribution in [1.29, 1.82) is 0 Å². The summed E-state index contributed by atoms with van der Waals surface area (Å²) in [4.78, 5) is 6.97. The fourth-order valence-electron chi connectivity index (χ4n) is 3.44. The topological polar surface area (TPSA) is 62.4 Å². The monoisotopic (exact) mass is 345 g/mol. The molecule has 2 aliphatic rings. The molecule has 0 unspecified atom stereocenters. The van der Waals surface area contributed by atoms with Crippen LogP contribution in [0.5, 0.6) is 0 Å². The lowest BCUT2D eigenvalue weighted by atomic mass is 10.0. The Morgan fingerprint density at radius 1 is 1.25 bits per heavy atom. The van der Waals surface area contributed by atoms with Gasteiger partial charge in [0.2, 0.25) is 5.82 Å². The van der Waals surface area contributed by atoms with Gasteiger partial charge < -0.3 is 9.63 Å². The number of piperidine rings is 1. The van der Waals surface area contributed by atoms with Crippen LogP contribution < -0.4 is 0 Å². The van der Waals surface area contributed by atoms with Crippen LogP contribution in [-0.2, 0) is 12.1 Å². The number of nitrogens with zero attached hydrogens (tertiary/aromatic N) is 3. The maximum atomic E-state index is 10.6. The van der Waals surface area contributed by atoms with E-state index >= 15 is 0 Å². The summed E-state index contributed by atoms with van der Waals surface area (Å²) < 4.78 is 5.36. The smallest absolute Gasteiger partial charge is 0.259 e. The molecule has 1 atom stereocenters. The van der Waals surface area contributed by atoms with E-state index in [4.69, 9.17) is 4.52 Å². The summed E-state index contributed by atoms with van der Waals surface area (Å²) in [6.45, 7) is 3.34. The van der Waals surface area contributed by atoms with Gasteiger partial charge in [-0.15, -0.1) is 0 Å². The normalized spacial score (nSPS) is 25.2. The van der Waals surface area contributed by atoms with E-state index < -0.39 is 5.60 Å². The van der Waals surface area contributed by atoms with Crippen molar-refractivity contribution >= 4 is 11.8 Å². The molecule has 3 heterocycles. The molecule has 1 N–H and O–H groups in total. The van der Waals surface area contributed by atoms with Crippen LogP contribution in [0.1, 0.15) is 37.1 Å². The number of hydrogen-bond donors (Lipinski definition) is 1. The first-order chi connectivity index (χ1) is 11.7. The number of aromatic nitrogens is 2. The molecule has 5 nitrogen and oxygen atoms in total. The van der Waals surface area contributed by atoms with Crippen LogP contribution in [0.2, 0.25) is 0 Å². The van der Waals surface area contributed by atoms with Crippen LogP contribution in [-0.4, -0.2) is 44.7 Å². The average Bonchev–Trinajstić information content (AvgIpc) is 3.26. The summed E-state index contributed by atoms with van der Waals surface area (Å²) >= 11 is 1.72. The van der Waals surface area contributed by atoms with Gasteiger partial charge in [0.25, 0.3) is 5.89 Å². The Bertz CT molecular complexity index is 691. The standard InChI is InChI=1S/C18H23N3O2S/c22-18(7-10-24-13-18)17-19-16(20-23-17)15-6-4-5-14(11-15)12-21-8-2-1-3-9-21/h4-6,11,22H,1-3,7-10,12-13H2/t18-/m1/s1. The first kappa shape index (κ1) is 16.1. The van der Waals surface area contributed by atoms with Gasteiger partial charge in [0.15, 0.2) is 5.60 Å². The van der Waals surface area contributed by atoms with E-state index in [0.29, 0.717) is 23.9 Å². The Labute approximate surface area is 146 Å². The highest BCUT2D eigenvalue weighted by Crippen LogP contribution is 2.36. The van der Waals surface area contributed by atoms with Crippen LogP contribution >= 0.6 is 11.8 Å². The van der Waals surface area contributed by atoms with Crippen molar-refractivity contribution in [3.63, 3.8) is 0 Å². The number of hydrogen-bond acceptors (Lipinski definition) is 6. The Morgan fingerprint density at radius 3 is 2.92 bits per heavy atom. The van der Waals surface area contributed by atoms with Crippen LogP contribution in [0, 0.1) is 0 Å². The van der Waals surface area contributed by atoms with E-state index in [1.165, 1.54) is 37.9 Å². The number of benzene rings is 1. The van der Waals surface area contributed by atoms with Gasteiger partial charge >= 0.3 is 0 Å². The predicted molar refractivity (Wildman–Crippen MR) is 94.7 cm³/mol. The lowest BCUT2D eigenvalue weighted by Gasteiger charge is -2.26. The molecule has 0 bridgehead atoms. The third-order valence-corrected chi connectivity index (χ3v) is 6.04. The van der Waals surface area contributed by atoms with Gasteiger partial charge in [-0.05, 0) is 49.7 Å². The van der Waals surface area contributed by atoms with E-state index in [9.17, 15) is 5.11 Å².